The van der Waals surface area contributed by atoms with Crippen molar-refractivity contribution in [1.29, 1.82) is 0 Å². The molecule has 0 unspecified atom stereocenters. The zero-order valence-corrected chi connectivity index (χ0v) is 14.3. The van der Waals surface area contributed by atoms with E-state index in [0.717, 1.165) is 44.9 Å². The van der Waals surface area contributed by atoms with Gasteiger partial charge in [0.2, 0.25) is 0 Å². The Balaban J connectivity index is 1.80. The van der Waals surface area contributed by atoms with Crippen LogP contribution in [-0.2, 0) is 0 Å². The minimum absolute atomic E-state index is 0.108. The van der Waals surface area contributed by atoms with Gasteiger partial charge in [-0.2, -0.15) is 0 Å². The number of aliphatic hydroxyl groups is 1. The number of benzene rings is 1. The molecule has 0 aliphatic carbocycles. The van der Waals surface area contributed by atoms with Crippen molar-refractivity contribution in [2.75, 3.05) is 45.9 Å². The quantitative estimate of drug-likeness (QED) is 0.608. The van der Waals surface area contributed by atoms with Crippen LogP contribution in [0.5, 0.6) is 5.75 Å². The molecule has 1 heterocycles. The average molecular weight is 381 g/mol. The monoisotopic (exact) mass is 380 g/mol. The fourth-order valence-corrected chi connectivity index (χ4v) is 3.16. The number of aliphatic hydroxyl groups excluding tert-OH is 1. The first-order valence-corrected chi connectivity index (χ1v) is 8.41. The molecular weight excluding hydrogens is 358 g/mol. The van der Waals surface area contributed by atoms with E-state index in [9.17, 15) is 13.9 Å². The Morgan fingerprint density at radius 1 is 1.18 bits per heavy atom. The molecule has 3 N–H and O–H groups in total. The van der Waals surface area contributed by atoms with Gasteiger partial charge >= 0.3 is 0 Å². The maximum absolute atomic E-state index is 13.6. The van der Waals surface area contributed by atoms with Gasteiger partial charge in [0.1, 0.15) is 45.4 Å². The van der Waals surface area contributed by atoms with Crippen LogP contribution < -0.4 is 14.5 Å². The molecule has 22 heavy (non-hydrogen) atoms. The van der Waals surface area contributed by atoms with Gasteiger partial charge in [0, 0.05) is 4.47 Å². The Hall–Kier alpha value is -0.760. The van der Waals surface area contributed by atoms with Crippen LogP contribution in [0, 0.1) is 11.6 Å². The molecule has 1 aromatic rings. The van der Waals surface area contributed by atoms with E-state index in [-0.39, 0.29) is 6.61 Å². The maximum Gasteiger partial charge on any atom is 0.190 e. The van der Waals surface area contributed by atoms with Gasteiger partial charge in [-0.3, -0.25) is 0 Å². The number of halogens is 3. The molecule has 1 aromatic carbocycles. The molecule has 1 aliphatic heterocycles. The summed E-state index contributed by atoms with van der Waals surface area (Å²) in [6.45, 7) is 7.92. The van der Waals surface area contributed by atoms with Gasteiger partial charge in [-0.1, -0.05) is 15.9 Å². The Kier molecular flexibility index (Phi) is 6.55. The lowest BCUT2D eigenvalue weighted by atomic mass is 10.2. The number of hydrogen-bond donors (Lipinski definition) is 3. The summed E-state index contributed by atoms with van der Waals surface area (Å²) < 4.78 is 32.7. The summed E-state index contributed by atoms with van der Waals surface area (Å²) in [7, 11) is 0. The second-order valence-electron chi connectivity index (χ2n) is 5.72. The first-order valence-electron chi connectivity index (χ1n) is 7.62. The number of likely N-dealkylation sites (N-methyl/N-ethyl adjacent to an activating group) is 1. The van der Waals surface area contributed by atoms with Crippen LogP contribution in [0.25, 0.3) is 0 Å². The summed E-state index contributed by atoms with van der Waals surface area (Å²) in [4.78, 5) is 2.89. The Bertz CT molecular complexity index is 473. The average Bonchev–Trinajstić information content (AvgIpc) is 2.47. The summed E-state index contributed by atoms with van der Waals surface area (Å²) >= 11 is 3.01. The van der Waals surface area contributed by atoms with Crippen molar-refractivity contribution in [2.24, 2.45) is 0 Å². The van der Waals surface area contributed by atoms with E-state index >= 15 is 0 Å². The number of quaternary nitrogens is 2. The van der Waals surface area contributed by atoms with Crippen LogP contribution in [0.2, 0.25) is 0 Å². The third kappa shape index (κ3) is 4.87. The van der Waals surface area contributed by atoms with E-state index in [1.54, 1.807) is 4.90 Å². The standard InChI is InChI=1S/C15H21BrF2N2O2/c1-2-19-3-5-20(6-4-19)9-12(21)10-22-15-13(17)7-11(16)8-14(15)18/h7-8,12,21H,2-6,9-10H2,1H3/p+2/t12-/m1/s1. The molecule has 7 heteroatoms. The summed E-state index contributed by atoms with van der Waals surface area (Å²) in [5.74, 6) is -1.98. The van der Waals surface area contributed by atoms with Gasteiger partial charge < -0.3 is 19.6 Å². The van der Waals surface area contributed by atoms with Gasteiger partial charge in [0.25, 0.3) is 0 Å². The first kappa shape index (κ1) is 17.6. The maximum atomic E-state index is 13.6. The lowest BCUT2D eigenvalue weighted by Crippen LogP contribution is -3.28. The van der Waals surface area contributed by atoms with Crippen molar-refractivity contribution >= 4 is 15.9 Å². The number of piperazine rings is 1. The normalized spacial score (nSPS) is 23.3. The van der Waals surface area contributed by atoms with E-state index in [1.165, 1.54) is 4.90 Å². The highest BCUT2D eigenvalue weighted by molar-refractivity contribution is 9.10. The Morgan fingerprint density at radius 3 is 2.27 bits per heavy atom. The predicted octanol–water partition coefficient (Wildman–Crippen LogP) is -0.730. The molecule has 124 valence electrons. The molecule has 1 atom stereocenters. The number of rotatable bonds is 6. The first-order chi connectivity index (χ1) is 10.5. The predicted molar refractivity (Wildman–Crippen MR) is 82.4 cm³/mol. The number of hydrogen-bond acceptors (Lipinski definition) is 2. The van der Waals surface area contributed by atoms with E-state index in [1.807, 2.05) is 0 Å². The summed E-state index contributed by atoms with van der Waals surface area (Å²) in [6, 6.07) is 2.28. The largest absolute Gasteiger partial charge is 0.485 e. The van der Waals surface area contributed by atoms with Crippen LogP contribution >= 0.6 is 15.9 Å². The Morgan fingerprint density at radius 2 is 1.73 bits per heavy atom. The van der Waals surface area contributed by atoms with Crippen molar-refractivity contribution in [3.63, 3.8) is 0 Å². The van der Waals surface area contributed by atoms with Gasteiger partial charge in [-0.05, 0) is 19.1 Å². The van der Waals surface area contributed by atoms with Gasteiger partial charge in [-0.25, -0.2) is 8.78 Å². The highest BCUT2D eigenvalue weighted by atomic mass is 79.9. The molecule has 4 nitrogen and oxygen atoms in total. The number of nitrogens with one attached hydrogen (secondary N) is 2. The highest BCUT2D eigenvalue weighted by Crippen LogP contribution is 2.25. The molecule has 1 saturated heterocycles. The van der Waals surface area contributed by atoms with E-state index in [0.29, 0.717) is 11.0 Å². The molecule has 0 saturated carbocycles. The minimum Gasteiger partial charge on any atom is -0.485 e. The summed E-state index contributed by atoms with van der Waals surface area (Å²) in [5, 5.41) is 10.0. The van der Waals surface area contributed by atoms with Gasteiger partial charge in [0.05, 0.1) is 6.54 Å². The third-order valence-electron chi connectivity index (χ3n) is 4.07. The van der Waals surface area contributed by atoms with Crippen molar-refractivity contribution < 1.29 is 28.4 Å². The lowest BCUT2D eigenvalue weighted by molar-refractivity contribution is -1.01. The van der Waals surface area contributed by atoms with E-state index in [2.05, 4.69) is 22.9 Å². The van der Waals surface area contributed by atoms with Crippen LogP contribution in [0.4, 0.5) is 8.78 Å². The zero-order valence-electron chi connectivity index (χ0n) is 12.7. The smallest absolute Gasteiger partial charge is 0.190 e. The van der Waals surface area contributed by atoms with Crippen LogP contribution in [0.15, 0.2) is 16.6 Å². The van der Waals surface area contributed by atoms with Gasteiger partial charge in [-0.15, -0.1) is 0 Å². The molecule has 0 aromatic heterocycles. The second-order valence-corrected chi connectivity index (χ2v) is 6.64. The minimum atomic E-state index is -0.772. The SMILES string of the molecule is CC[NH+]1CC[NH+](C[C@@H](O)COc2c(F)cc(Br)cc2F)CC1. The molecule has 0 spiro atoms. The molecular formula is C15H23BrF2N2O2+2. The van der Waals surface area contributed by atoms with Crippen LogP contribution in [0.3, 0.4) is 0 Å². The molecule has 2 rings (SSSR count). The second kappa shape index (κ2) is 8.19. The van der Waals surface area contributed by atoms with Crippen molar-refractivity contribution in [3.05, 3.63) is 28.2 Å². The van der Waals surface area contributed by atoms with E-state index < -0.39 is 23.5 Å². The molecule has 0 radical (unpaired) electrons. The summed E-state index contributed by atoms with van der Waals surface area (Å²) in [5.41, 5.74) is 0. The molecule has 0 bridgehead atoms. The zero-order chi connectivity index (χ0) is 16.1. The van der Waals surface area contributed by atoms with Crippen molar-refractivity contribution in [3.8, 4) is 5.75 Å². The third-order valence-corrected chi connectivity index (χ3v) is 4.53. The fourth-order valence-electron chi connectivity index (χ4n) is 2.75. The van der Waals surface area contributed by atoms with Gasteiger partial charge in [0.15, 0.2) is 17.4 Å². The number of ether oxygens (including phenoxy) is 1. The molecule has 1 aliphatic rings. The topological polar surface area (TPSA) is 38.3 Å². The molecule has 0 amide bonds. The van der Waals surface area contributed by atoms with E-state index in [4.69, 9.17) is 4.74 Å². The fraction of sp³-hybridized carbons (Fsp3) is 0.600. The van der Waals surface area contributed by atoms with Crippen molar-refractivity contribution in [2.45, 2.75) is 13.0 Å². The van der Waals surface area contributed by atoms with Crippen molar-refractivity contribution in [1.82, 2.24) is 0 Å². The van der Waals surface area contributed by atoms with Crippen LogP contribution in [-0.4, -0.2) is 57.1 Å². The lowest BCUT2D eigenvalue weighted by Gasteiger charge is -2.30. The molecule has 1 fully saturated rings. The van der Waals surface area contributed by atoms with Crippen LogP contribution in [0.1, 0.15) is 6.92 Å². The Labute approximate surface area is 137 Å². The summed E-state index contributed by atoms with van der Waals surface area (Å²) in [6.07, 6.45) is -0.736. The highest BCUT2D eigenvalue weighted by Gasteiger charge is 2.24.